The monoisotopic (exact) mass is 416 g/mol. The van der Waals surface area contributed by atoms with Gasteiger partial charge in [-0.15, -0.1) is 0 Å². The molecule has 3 aromatic carbocycles. The van der Waals surface area contributed by atoms with E-state index in [4.69, 9.17) is 0 Å². The largest absolute Gasteiger partial charge is 0.204 e. The van der Waals surface area contributed by atoms with Crippen LogP contribution in [-0.2, 0) is 6.42 Å². The summed E-state index contributed by atoms with van der Waals surface area (Å²) in [7, 11) is -2.10. The normalized spacial score (nSPS) is 11.7. The molecule has 0 spiro atoms. The first-order chi connectivity index (χ1) is 13.6. The van der Waals surface area contributed by atoms with Crippen molar-refractivity contribution in [3.63, 3.8) is 0 Å². The highest BCUT2D eigenvalue weighted by Gasteiger charge is 2.26. The summed E-state index contributed by atoms with van der Waals surface area (Å²) in [4.78, 5) is 0. The smallest absolute Gasteiger partial charge is 0.167 e. The first kappa shape index (κ1) is 21.3. The van der Waals surface area contributed by atoms with Crippen LogP contribution in [0, 0.1) is 23.3 Å². The van der Waals surface area contributed by atoms with Crippen LogP contribution in [0.15, 0.2) is 48.5 Å². The second kappa shape index (κ2) is 8.15. The lowest BCUT2D eigenvalue weighted by molar-refractivity contribution is 0.505. The lowest BCUT2D eigenvalue weighted by Crippen LogP contribution is -2.40. The zero-order valence-corrected chi connectivity index (χ0v) is 18.0. The van der Waals surface area contributed by atoms with Crippen LogP contribution in [0.1, 0.15) is 18.9 Å². The fraction of sp³-hybridized carbons (Fsp3) is 0.250. The number of rotatable bonds is 5. The Kier molecular flexibility index (Phi) is 5.99. The maximum absolute atomic E-state index is 14.8. The maximum atomic E-state index is 14.8. The summed E-state index contributed by atoms with van der Waals surface area (Å²) in [5, 5.41) is 0.323. The Hall–Kier alpha value is -2.40. The third-order valence-electron chi connectivity index (χ3n) is 5.07. The fourth-order valence-electron chi connectivity index (χ4n) is 3.46. The molecular weight excluding hydrogens is 392 g/mol. The average Bonchev–Trinajstić information content (AvgIpc) is 2.66. The Balaban J connectivity index is 2.05. The van der Waals surface area contributed by atoms with Crippen molar-refractivity contribution in [1.29, 1.82) is 0 Å². The zero-order chi connectivity index (χ0) is 21.3. The lowest BCUT2D eigenvalue weighted by Gasteiger charge is -2.19. The Morgan fingerprint density at radius 2 is 1.10 bits per heavy atom. The van der Waals surface area contributed by atoms with Crippen molar-refractivity contribution in [1.82, 2.24) is 0 Å². The summed E-state index contributed by atoms with van der Waals surface area (Å²) in [6.45, 7) is 7.75. The van der Waals surface area contributed by atoms with E-state index in [0.717, 1.165) is 18.4 Å². The highest BCUT2D eigenvalue weighted by atomic mass is 28.3. The Labute approximate surface area is 170 Å². The van der Waals surface area contributed by atoms with Crippen molar-refractivity contribution in [3.8, 4) is 22.3 Å². The molecule has 0 saturated heterocycles. The Bertz CT molecular complexity index is 1030. The standard InChI is InChI=1S/C24H24F4Si/c1-5-6-15-7-9-16(10-8-15)17-11-12-18(22(26)21(17)25)19-13-14-20(29(2,3)4)24(28)23(19)27/h7-14H,5-6H2,1-4H3. The Morgan fingerprint density at radius 1 is 0.621 bits per heavy atom. The summed E-state index contributed by atoms with van der Waals surface area (Å²) in [5.41, 5.74) is 1.19. The molecule has 0 radical (unpaired) electrons. The average molecular weight is 417 g/mol. The molecule has 29 heavy (non-hydrogen) atoms. The number of hydrogen-bond acceptors (Lipinski definition) is 0. The van der Waals surface area contributed by atoms with Crippen LogP contribution in [0.5, 0.6) is 0 Å². The third-order valence-corrected chi connectivity index (χ3v) is 7.07. The fourth-order valence-corrected chi connectivity index (χ4v) is 4.81. The molecule has 0 atom stereocenters. The summed E-state index contributed by atoms with van der Waals surface area (Å²) in [6.07, 6.45) is 1.91. The van der Waals surface area contributed by atoms with Gasteiger partial charge in [0.05, 0.1) is 8.07 Å². The van der Waals surface area contributed by atoms with Crippen molar-refractivity contribution in [2.45, 2.75) is 39.4 Å². The molecule has 152 valence electrons. The van der Waals surface area contributed by atoms with Crippen molar-refractivity contribution < 1.29 is 17.6 Å². The van der Waals surface area contributed by atoms with Crippen LogP contribution in [0.2, 0.25) is 19.6 Å². The van der Waals surface area contributed by atoms with Crippen LogP contribution in [0.3, 0.4) is 0 Å². The van der Waals surface area contributed by atoms with Crippen LogP contribution < -0.4 is 5.19 Å². The molecule has 3 aromatic rings. The SMILES string of the molecule is CCCc1ccc(-c2ccc(-c3ccc([Si](C)(C)C)c(F)c3F)c(F)c2F)cc1. The van der Waals surface area contributed by atoms with Gasteiger partial charge in [0.15, 0.2) is 23.3 Å². The number of halogens is 4. The minimum atomic E-state index is -2.10. The van der Waals surface area contributed by atoms with E-state index in [0.29, 0.717) is 10.8 Å². The predicted molar refractivity (Wildman–Crippen MR) is 114 cm³/mol. The minimum absolute atomic E-state index is 0.0916. The van der Waals surface area contributed by atoms with Gasteiger partial charge in [0.25, 0.3) is 0 Å². The number of benzene rings is 3. The van der Waals surface area contributed by atoms with Crippen molar-refractivity contribution in [2.75, 3.05) is 0 Å². The highest BCUT2D eigenvalue weighted by Crippen LogP contribution is 2.33. The molecule has 0 fully saturated rings. The number of aryl methyl sites for hydroxylation is 1. The molecular formula is C24H24F4Si. The van der Waals surface area contributed by atoms with Crippen LogP contribution in [-0.4, -0.2) is 8.07 Å². The summed E-state index contributed by atoms with van der Waals surface area (Å²) in [6, 6.07) is 12.8. The van der Waals surface area contributed by atoms with E-state index >= 15 is 0 Å². The zero-order valence-electron chi connectivity index (χ0n) is 17.0. The first-order valence-corrected chi connectivity index (χ1v) is 13.2. The topological polar surface area (TPSA) is 0 Å². The van der Waals surface area contributed by atoms with E-state index in [1.54, 1.807) is 12.1 Å². The molecule has 0 saturated carbocycles. The van der Waals surface area contributed by atoms with Gasteiger partial charge in [0.2, 0.25) is 0 Å². The molecule has 0 bridgehead atoms. The molecule has 0 nitrogen and oxygen atoms in total. The molecule has 3 rings (SSSR count). The van der Waals surface area contributed by atoms with Crippen LogP contribution >= 0.6 is 0 Å². The van der Waals surface area contributed by atoms with Gasteiger partial charge in [-0.3, -0.25) is 0 Å². The van der Waals surface area contributed by atoms with Crippen LogP contribution in [0.25, 0.3) is 22.3 Å². The molecule has 0 N–H and O–H groups in total. The second-order valence-electron chi connectivity index (χ2n) is 8.27. The van der Waals surface area contributed by atoms with E-state index in [1.165, 1.54) is 24.3 Å². The van der Waals surface area contributed by atoms with E-state index in [9.17, 15) is 17.6 Å². The van der Waals surface area contributed by atoms with Gasteiger partial charge in [0.1, 0.15) is 0 Å². The van der Waals surface area contributed by atoms with Gasteiger partial charge in [-0.05, 0) is 22.7 Å². The lowest BCUT2D eigenvalue weighted by atomic mass is 9.97. The van der Waals surface area contributed by atoms with E-state index in [2.05, 4.69) is 6.92 Å². The summed E-state index contributed by atoms with van der Waals surface area (Å²) in [5.74, 6) is -4.36. The van der Waals surface area contributed by atoms with Gasteiger partial charge in [-0.25, -0.2) is 17.6 Å². The number of hydrogen-bond donors (Lipinski definition) is 0. The van der Waals surface area contributed by atoms with Crippen LogP contribution in [0.4, 0.5) is 17.6 Å². The first-order valence-electron chi connectivity index (χ1n) is 9.71. The molecule has 5 heteroatoms. The highest BCUT2D eigenvalue weighted by molar-refractivity contribution is 6.88. The maximum Gasteiger partial charge on any atom is 0.167 e. The van der Waals surface area contributed by atoms with Gasteiger partial charge >= 0.3 is 0 Å². The van der Waals surface area contributed by atoms with Crippen molar-refractivity contribution in [3.05, 3.63) is 77.4 Å². The molecule has 0 unspecified atom stereocenters. The molecule has 0 amide bonds. The Morgan fingerprint density at radius 3 is 1.66 bits per heavy atom. The van der Waals surface area contributed by atoms with Gasteiger partial charge in [-0.1, -0.05) is 81.5 Å². The third kappa shape index (κ3) is 4.15. The predicted octanol–water partition coefficient (Wildman–Crippen LogP) is 7.07. The molecule has 0 aliphatic carbocycles. The summed E-state index contributed by atoms with van der Waals surface area (Å²) < 4.78 is 58.9. The molecule has 0 heterocycles. The van der Waals surface area contributed by atoms with Gasteiger partial charge < -0.3 is 0 Å². The van der Waals surface area contributed by atoms with Crippen molar-refractivity contribution in [2.24, 2.45) is 0 Å². The van der Waals surface area contributed by atoms with E-state index in [-0.39, 0.29) is 16.7 Å². The molecule has 0 aliphatic heterocycles. The van der Waals surface area contributed by atoms with Gasteiger partial charge in [0, 0.05) is 16.7 Å². The second-order valence-corrected chi connectivity index (χ2v) is 13.3. The summed E-state index contributed by atoms with van der Waals surface area (Å²) >= 11 is 0. The van der Waals surface area contributed by atoms with Crippen molar-refractivity contribution >= 4 is 13.3 Å². The van der Waals surface area contributed by atoms with E-state index in [1.807, 2.05) is 31.8 Å². The minimum Gasteiger partial charge on any atom is -0.204 e. The molecule has 0 aliphatic rings. The van der Waals surface area contributed by atoms with Gasteiger partial charge in [-0.2, -0.15) is 0 Å². The van der Waals surface area contributed by atoms with E-state index < -0.39 is 31.3 Å². The quantitative estimate of drug-likeness (QED) is 0.308. The molecule has 0 aromatic heterocycles.